The van der Waals surface area contributed by atoms with Gasteiger partial charge in [-0.05, 0) is 30.3 Å². The number of ether oxygens (including phenoxy) is 2. The number of nitrogens with one attached hydrogen (secondary N) is 1. The summed E-state index contributed by atoms with van der Waals surface area (Å²) in [6.45, 7) is 3.82. The van der Waals surface area contributed by atoms with Crippen LogP contribution in [0.1, 0.15) is 13.8 Å². The molecule has 3 rings (SSSR count). The largest absolute Gasteiger partial charge is 0.493 e. The molecule has 0 aliphatic carbocycles. The van der Waals surface area contributed by atoms with E-state index >= 15 is 0 Å². The lowest BCUT2D eigenvalue weighted by Gasteiger charge is -2.14. The van der Waals surface area contributed by atoms with Gasteiger partial charge in [-0.25, -0.2) is 0 Å². The maximum absolute atomic E-state index is 12.0. The number of methoxy groups -OCH3 is 1. The van der Waals surface area contributed by atoms with Gasteiger partial charge in [-0.2, -0.15) is 4.52 Å². The predicted molar refractivity (Wildman–Crippen MR) is 71.2 cm³/mol. The normalized spacial score (nSPS) is 11.4. The van der Waals surface area contributed by atoms with E-state index in [2.05, 4.69) is 20.5 Å². The summed E-state index contributed by atoms with van der Waals surface area (Å²) in [7, 11) is 1.53. The van der Waals surface area contributed by atoms with Crippen LogP contribution in [0.3, 0.4) is 0 Å². The standard InChI is InChI=1S/C12H13N5O3/c1-6(2)20-10-5-8-7(4-9(10)19-3)11(18)13-12-14-15-16-17(8)12/h4-6H,1-3H3,(H,13,14,16,18). The number of hydrogen-bond donors (Lipinski definition) is 1. The average Bonchev–Trinajstić information content (AvgIpc) is 2.85. The molecule has 0 radical (unpaired) electrons. The van der Waals surface area contributed by atoms with Gasteiger partial charge in [0.2, 0.25) is 0 Å². The van der Waals surface area contributed by atoms with E-state index in [1.54, 1.807) is 12.1 Å². The minimum Gasteiger partial charge on any atom is -0.493 e. The van der Waals surface area contributed by atoms with E-state index < -0.39 is 0 Å². The molecule has 0 spiro atoms. The number of fused-ring (bicyclic) bond motifs is 3. The summed E-state index contributed by atoms with van der Waals surface area (Å²) in [6, 6.07) is 3.32. The molecular weight excluding hydrogens is 262 g/mol. The van der Waals surface area contributed by atoms with Crippen LogP contribution in [-0.4, -0.2) is 38.2 Å². The Balaban J connectivity index is 2.38. The minimum atomic E-state index is -0.281. The molecule has 3 aromatic rings. The minimum absolute atomic E-state index is 0.0206. The summed E-state index contributed by atoms with van der Waals surface area (Å²) < 4.78 is 12.4. The van der Waals surface area contributed by atoms with Crippen molar-refractivity contribution in [3.05, 3.63) is 22.5 Å². The van der Waals surface area contributed by atoms with Crippen molar-refractivity contribution < 1.29 is 9.47 Å². The lowest BCUT2D eigenvalue weighted by atomic mass is 10.2. The summed E-state index contributed by atoms with van der Waals surface area (Å²) in [5.41, 5.74) is 0.280. The number of aromatic amines is 1. The molecule has 0 fully saturated rings. The van der Waals surface area contributed by atoms with Crippen molar-refractivity contribution in [3.63, 3.8) is 0 Å². The van der Waals surface area contributed by atoms with E-state index in [1.165, 1.54) is 11.6 Å². The number of hydrogen-bond acceptors (Lipinski definition) is 6. The van der Waals surface area contributed by atoms with Crippen LogP contribution in [0.15, 0.2) is 16.9 Å². The van der Waals surface area contributed by atoms with Crippen molar-refractivity contribution in [1.29, 1.82) is 0 Å². The number of H-pyrrole nitrogens is 1. The van der Waals surface area contributed by atoms with Crippen molar-refractivity contribution >= 4 is 16.7 Å². The maximum atomic E-state index is 12.0. The fraction of sp³-hybridized carbons (Fsp3) is 0.333. The van der Waals surface area contributed by atoms with Gasteiger partial charge in [0.15, 0.2) is 11.5 Å². The van der Waals surface area contributed by atoms with Gasteiger partial charge < -0.3 is 9.47 Å². The molecule has 0 aliphatic rings. The molecule has 20 heavy (non-hydrogen) atoms. The third-order valence-corrected chi connectivity index (χ3v) is 2.81. The fourth-order valence-corrected chi connectivity index (χ4v) is 2.01. The summed E-state index contributed by atoms with van der Waals surface area (Å²) in [4.78, 5) is 14.6. The molecule has 0 aliphatic heterocycles. The molecule has 8 nitrogen and oxygen atoms in total. The van der Waals surface area contributed by atoms with Crippen molar-refractivity contribution in [3.8, 4) is 11.5 Å². The van der Waals surface area contributed by atoms with E-state index in [0.29, 0.717) is 22.4 Å². The predicted octanol–water partition coefficient (Wildman–Crippen LogP) is 0.762. The molecule has 2 aromatic heterocycles. The average molecular weight is 275 g/mol. The topological polar surface area (TPSA) is 94.4 Å². The van der Waals surface area contributed by atoms with E-state index in [0.717, 1.165) is 0 Å². The van der Waals surface area contributed by atoms with Crippen LogP contribution in [-0.2, 0) is 0 Å². The third-order valence-electron chi connectivity index (χ3n) is 2.81. The van der Waals surface area contributed by atoms with Crippen molar-refractivity contribution in [1.82, 2.24) is 25.0 Å². The highest BCUT2D eigenvalue weighted by Gasteiger charge is 2.14. The Morgan fingerprint density at radius 2 is 2.10 bits per heavy atom. The SMILES string of the molecule is COc1cc2c(=O)[nH]c3nnnn3c2cc1OC(C)C. The molecule has 1 N–H and O–H groups in total. The molecule has 104 valence electrons. The fourth-order valence-electron chi connectivity index (χ4n) is 2.01. The van der Waals surface area contributed by atoms with Crippen molar-refractivity contribution in [2.75, 3.05) is 7.11 Å². The van der Waals surface area contributed by atoms with Gasteiger partial charge in [0.05, 0.1) is 24.1 Å². The van der Waals surface area contributed by atoms with Crippen molar-refractivity contribution in [2.24, 2.45) is 0 Å². The molecule has 8 heteroatoms. The van der Waals surface area contributed by atoms with Gasteiger partial charge in [0.1, 0.15) is 0 Å². The lowest BCUT2D eigenvalue weighted by molar-refractivity contribution is 0.230. The van der Waals surface area contributed by atoms with Crippen LogP contribution in [0.25, 0.3) is 16.7 Å². The first-order valence-electron chi connectivity index (χ1n) is 6.09. The van der Waals surface area contributed by atoms with E-state index in [9.17, 15) is 4.79 Å². The number of nitrogens with zero attached hydrogens (tertiary/aromatic N) is 4. The second-order valence-corrected chi connectivity index (χ2v) is 4.56. The molecule has 0 saturated carbocycles. The Hall–Kier alpha value is -2.64. The molecule has 0 unspecified atom stereocenters. The highest BCUT2D eigenvalue weighted by atomic mass is 16.5. The number of rotatable bonds is 3. The molecule has 0 atom stereocenters. The number of tetrazole rings is 1. The first kappa shape index (κ1) is 12.4. The Bertz CT molecular complexity index is 836. The first-order valence-corrected chi connectivity index (χ1v) is 6.09. The van der Waals surface area contributed by atoms with Gasteiger partial charge in [-0.15, -0.1) is 0 Å². The summed E-state index contributed by atoms with van der Waals surface area (Å²) in [5, 5.41) is 11.6. The van der Waals surface area contributed by atoms with Crippen LogP contribution in [0.2, 0.25) is 0 Å². The number of aromatic nitrogens is 5. The van der Waals surface area contributed by atoms with Crippen molar-refractivity contribution in [2.45, 2.75) is 20.0 Å². The molecular formula is C12H13N5O3. The van der Waals surface area contributed by atoms with E-state index in [-0.39, 0.29) is 17.4 Å². The second-order valence-electron chi connectivity index (χ2n) is 4.56. The highest BCUT2D eigenvalue weighted by molar-refractivity contribution is 5.83. The molecule has 1 aromatic carbocycles. The molecule has 2 heterocycles. The zero-order valence-electron chi connectivity index (χ0n) is 11.2. The van der Waals surface area contributed by atoms with Crippen LogP contribution < -0.4 is 15.0 Å². The molecule has 0 amide bonds. The van der Waals surface area contributed by atoms with Crippen LogP contribution in [0.5, 0.6) is 11.5 Å². The Kier molecular flexibility index (Phi) is 2.78. The molecule has 0 saturated heterocycles. The quantitative estimate of drug-likeness (QED) is 0.758. The van der Waals surface area contributed by atoms with Crippen LogP contribution >= 0.6 is 0 Å². The van der Waals surface area contributed by atoms with E-state index in [1.807, 2.05) is 13.8 Å². The molecule has 0 bridgehead atoms. The van der Waals surface area contributed by atoms with Crippen LogP contribution in [0, 0.1) is 0 Å². The zero-order chi connectivity index (χ0) is 14.3. The summed E-state index contributed by atoms with van der Waals surface area (Å²) in [5.74, 6) is 1.31. The Morgan fingerprint density at radius 3 is 2.80 bits per heavy atom. The van der Waals surface area contributed by atoms with Crippen LogP contribution in [0.4, 0.5) is 0 Å². The summed E-state index contributed by atoms with van der Waals surface area (Å²) >= 11 is 0. The van der Waals surface area contributed by atoms with Gasteiger partial charge >= 0.3 is 0 Å². The van der Waals surface area contributed by atoms with Gasteiger partial charge in [-0.3, -0.25) is 9.78 Å². The highest BCUT2D eigenvalue weighted by Crippen LogP contribution is 2.31. The monoisotopic (exact) mass is 275 g/mol. The zero-order valence-corrected chi connectivity index (χ0v) is 11.2. The van der Waals surface area contributed by atoms with Gasteiger partial charge in [-0.1, -0.05) is 5.10 Å². The van der Waals surface area contributed by atoms with E-state index in [4.69, 9.17) is 9.47 Å². The van der Waals surface area contributed by atoms with Gasteiger partial charge in [0, 0.05) is 6.07 Å². The third kappa shape index (κ3) is 1.85. The first-order chi connectivity index (χ1) is 9.60. The lowest BCUT2D eigenvalue weighted by Crippen LogP contribution is -2.12. The number of benzene rings is 1. The second kappa shape index (κ2) is 4.48. The maximum Gasteiger partial charge on any atom is 0.260 e. The summed E-state index contributed by atoms with van der Waals surface area (Å²) in [6.07, 6.45) is -0.0206. The smallest absolute Gasteiger partial charge is 0.260 e. The Morgan fingerprint density at radius 1 is 1.30 bits per heavy atom. The Labute approximate surface area is 113 Å². The van der Waals surface area contributed by atoms with Gasteiger partial charge in [0.25, 0.3) is 11.3 Å².